The van der Waals surface area contributed by atoms with Gasteiger partial charge in [-0.3, -0.25) is 0 Å². The molecule has 1 aliphatic heterocycles. The van der Waals surface area contributed by atoms with Crippen LogP contribution >= 0.6 is 12.2 Å². The third kappa shape index (κ3) is 4.82. The standard InChI is InChI=1S/C21H26N2O3S/c1-21(2)13-17-16(14-26-21)20(27)22-19(15-9-5-3-6-10-15)23(17)12-8-4-7-11-18(24)25/h3,5-6,9-10H,4,7-8,11-14H2,1-2H3,(H,24,25)/p-1. The van der Waals surface area contributed by atoms with Crippen LogP contribution in [0.3, 0.4) is 0 Å². The number of nitrogens with zero attached hydrogens (tertiary/aromatic N) is 2. The molecule has 0 aliphatic carbocycles. The molecule has 2 heterocycles. The van der Waals surface area contributed by atoms with Crippen molar-refractivity contribution in [1.29, 1.82) is 0 Å². The fraction of sp³-hybridized carbons (Fsp3) is 0.476. The highest BCUT2D eigenvalue weighted by Gasteiger charge is 2.30. The van der Waals surface area contributed by atoms with Crippen molar-refractivity contribution in [2.24, 2.45) is 0 Å². The van der Waals surface area contributed by atoms with Gasteiger partial charge in [0.2, 0.25) is 0 Å². The lowest BCUT2D eigenvalue weighted by Gasteiger charge is -2.34. The second-order valence-electron chi connectivity index (χ2n) is 7.59. The highest BCUT2D eigenvalue weighted by molar-refractivity contribution is 7.71. The lowest BCUT2D eigenvalue weighted by molar-refractivity contribution is -0.305. The first-order chi connectivity index (χ1) is 12.9. The predicted molar refractivity (Wildman–Crippen MR) is 105 cm³/mol. The number of carbonyl (C=O) groups is 1. The van der Waals surface area contributed by atoms with Gasteiger partial charge in [-0.25, -0.2) is 4.98 Å². The van der Waals surface area contributed by atoms with E-state index in [1.807, 2.05) is 30.3 Å². The van der Waals surface area contributed by atoms with Gasteiger partial charge in [0.25, 0.3) is 0 Å². The van der Waals surface area contributed by atoms with E-state index in [1.165, 1.54) is 5.69 Å². The van der Waals surface area contributed by atoms with Gasteiger partial charge in [-0.05, 0) is 33.1 Å². The molecule has 0 unspecified atom stereocenters. The van der Waals surface area contributed by atoms with Crippen molar-refractivity contribution in [2.45, 2.75) is 64.7 Å². The summed E-state index contributed by atoms with van der Waals surface area (Å²) in [5.74, 6) is -0.113. The quantitative estimate of drug-likeness (QED) is 0.539. The summed E-state index contributed by atoms with van der Waals surface area (Å²) in [5, 5.41) is 10.6. The molecule has 0 N–H and O–H groups in total. The van der Waals surface area contributed by atoms with Crippen molar-refractivity contribution in [3.63, 3.8) is 0 Å². The normalized spacial score (nSPS) is 15.3. The van der Waals surface area contributed by atoms with E-state index in [4.69, 9.17) is 21.9 Å². The molecule has 1 aromatic carbocycles. The zero-order chi connectivity index (χ0) is 19.4. The Morgan fingerprint density at radius 1 is 1.26 bits per heavy atom. The molecule has 0 fully saturated rings. The molecule has 0 amide bonds. The van der Waals surface area contributed by atoms with Crippen LogP contribution in [0.2, 0.25) is 0 Å². The molecule has 0 bridgehead atoms. The molecule has 1 aliphatic rings. The number of hydrogen-bond donors (Lipinski definition) is 0. The van der Waals surface area contributed by atoms with Crippen molar-refractivity contribution in [1.82, 2.24) is 9.55 Å². The van der Waals surface area contributed by atoms with Crippen LogP contribution in [0.25, 0.3) is 11.4 Å². The number of carboxylic acid groups (broad SMARTS) is 1. The van der Waals surface area contributed by atoms with Crippen LogP contribution in [-0.4, -0.2) is 21.1 Å². The fourth-order valence-electron chi connectivity index (χ4n) is 3.47. The predicted octanol–water partition coefficient (Wildman–Crippen LogP) is 3.44. The first-order valence-corrected chi connectivity index (χ1v) is 9.80. The van der Waals surface area contributed by atoms with E-state index in [9.17, 15) is 9.90 Å². The van der Waals surface area contributed by atoms with Gasteiger partial charge in [0.05, 0.1) is 12.2 Å². The maximum Gasteiger partial charge on any atom is 0.141 e. The summed E-state index contributed by atoms with van der Waals surface area (Å²) in [5.41, 5.74) is 2.97. The van der Waals surface area contributed by atoms with Crippen LogP contribution in [0, 0.1) is 4.64 Å². The van der Waals surface area contributed by atoms with Crippen LogP contribution in [-0.2, 0) is 29.1 Å². The first-order valence-electron chi connectivity index (χ1n) is 9.39. The summed E-state index contributed by atoms with van der Waals surface area (Å²) in [4.78, 5) is 15.3. The Labute approximate surface area is 165 Å². The molecule has 1 aromatic heterocycles. The molecule has 2 aromatic rings. The van der Waals surface area contributed by atoms with E-state index in [-0.39, 0.29) is 12.0 Å². The maximum absolute atomic E-state index is 10.6. The van der Waals surface area contributed by atoms with Crippen molar-refractivity contribution < 1.29 is 14.6 Å². The minimum Gasteiger partial charge on any atom is -0.550 e. The Kier molecular flexibility index (Phi) is 6.07. The van der Waals surface area contributed by atoms with Gasteiger partial charge in [0.15, 0.2) is 0 Å². The average Bonchev–Trinajstić information content (AvgIpc) is 2.62. The Morgan fingerprint density at radius 2 is 2.00 bits per heavy atom. The zero-order valence-corrected chi connectivity index (χ0v) is 16.7. The molecule has 0 saturated carbocycles. The maximum atomic E-state index is 10.6. The number of ether oxygens (including phenoxy) is 1. The Hall–Kier alpha value is -2.05. The average molecular weight is 386 g/mol. The minimum atomic E-state index is -0.985. The highest BCUT2D eigenvalue weighted by atomic mass is 32.1. The Bertz CT molecular complexity index is 875. The number of unbranched alkanes of at least 4 members (excludes halogenated alkanes) is 2. The van der Waals surface area contributed by atoms with E-state index < -0.39 is 5.97 Å². The molecule has 0 atom stereocenters. The number of fused-ring (bicyclic) bond motifs is 1. The van der Waals surface area contributed by atoms with Gasteiger partial charge in [-0.2, -0.15) is 0 Å². The van der Waals surface area contributed by atoms with Gasteiger partial charge in [0.1, 0.15) is 10.5 Å². The molecule has 0 saturated heterocycles. The second kappa shape index (κ2) is 8.31. The number of aromatic nitrogens is 2. The topological polar surface area (TPSA) is 67.2 Å². The number of benzene rings is 1. The highest BCUT2D eigenvalue weighted by Crippen LogP contribution is 2.31. The lowest BCUT2D eigenvalue weighted by atomic mass is 9.95. The molecule has 0 radical (unpaired) electrons. The van der Waals surface area contributed by atoms with E-state index in [1.54, 1.807) is 0 Å². The monoisotopic (exact) mass is 385 g/mol. The van der Waals surface area contributed by atoms with E-state index in [0.717, 1.165) is 42.8 Å². The zero-order valence-electron chi connectivity index (χ0n) is 15.9. The number of rotatable bonds is 7. The van der Waals surface area contributed by atoms with Gasteiger partial charge >= 0.3 is 0 Å². The third-order valence-electron chi connectivity index (χ3n) is 4.89. The minimum absolute atomic E-state index is 0.110. The smallest absolute Gasteiger partial charge is 0.141 e. The number of hydrogen-bond acceptors (Lipinski definition) is 5. The fourth-order valence-corrected chi connectivity index (χ4v) is 3.73. The van der Waals surface area contributed by atoms with Gasteiger partial charge in [-0.1, -0.05) is 49.0 Å². The second-order valence-corrected chi connectivity index (χ2v) is 7.98. The summed E-state index contributed by atoms with van der Waals surface area (Å²) in [6.07, 6.45) is 3.22. The number of aliphatic carboxylic acids is 1. The van der Waals surface area contributed by atoms with E-state index >= 15 is 0 Å². The van der Waals surface area contributed by atoms with Crippen LogP contribution < -0.4 is 5.11 Å². The number of carbonyl (C=O) groups excluding carboxylic acids is 1. The SMILES string of the molecule is CC1(C)Cc2c(c(=S)nc(-c3ccccc3)n2CCCCCC(=O)[O-])CO1. The molecule has 3 rings (SSSR count). The third-order valence-corrected chi connectivity index (χ3v) is 5.23. The summed E-state index contributed by atoms with van der Waals surface area (Å²) in [7, 11) is 0. The molecule has 144 valence electrons. The summed E-state index contributed by atoms with van der Waals surface area (Å²) in [6, 6.07) is 10.1. The summed E-state index contributed by atoms with van der Waals surface area (Å²) >= 11 is 5.57. The van der Waals surface area contributed by atoms with E-state index in [0.29, 0.717) is 17.7 Å². The van der Waals surface area contributed by atoms with Gasteiger partial charge in [0, 0.05) is 35.8 Å². The van der Waals surface area contributed by atoms with Crippen LogP contribution in [0.5, 0.6) is 0 Å². The van der Waals surface area contributed by atoms with Crippen molar-refractivity contribution >= 4 is 18.2 Å². The molecular formula is C21H25N2O3S-. The van der Waals surface area contributed by atoms with Crippen molar-refractivity contribution in [3.8, 4) is 11.4 Å². The Balaban J connectivity index is 1.96. The summed E-state index contributed by atoms with van der Waals surface area (Å²) < 4.78 is 8.81. The van der Waals surface area contributed by atoms with E-state index in [2.05, 4.69) is 18.4 Å². The van der Waals surface area contributed by atoms with Crippen molar-refractivity contribution in [3.05, 3.63) is 46.2 Å². The number of carboxylic acids is 1. The van der Waals surface area contributed by atoms with Crippen LogP contribution in [0.15, 0.2) is 30.3 Å². The van der Waals surface area contributed by atoms with Crippen LogP contribution in [0.4, 0.5) is 0 Å². The molecule has 27 heavy (non-hydrogen) atoms. The van der Waals surface area contributed by atoms with Gasteiger partial charge < -0.3 is 19.2 Å². The molecule has 6 heteroatoms. The first kappa shape index (κ1) is 19.7. The van der Waals surface area contributed by atoms with Crippen LogP contribution in [0.1, 0.15) is 50.8 Å². The molecule has 5 nitrogen and oxygen atoms in total. The van der Waals surface area contributed by atoms with Gasteiger partial charge in [-0.15, -0.1) is 0 Å². The lowest BCUT2D eigenvalue weighted by Crippen LogP contribution is -2.35. The molecular weight excluding hydrogens is 360 g/mol. The Morgan fingerprint density at radius 3 is 2.70 bits per heavy atom. The largest absolute Gasteiger partial charge is 0.550 e. The summed E-state index contributed by atoms with van der Waals surface area (Å²) in [6.45, 7) is 5.43. The van der Waals surface area contributed by atoms with Crippen molar-refractivity contribution in [2.75, 3.05) is 0 Å². The molecule has 0 spiro atoms.